The van der Waals surface area contributed by atoms with Gasteiger partial charge in [0.1, 0.15) is 0 Å². The zero-order valence-corrected chi connectivity index (χ0v) is 10.6. The smallest absolute Gasteiger partial charge is 0.195 e. The molecule has 18 heavy (non-hydrogen) atoms. The molecule has 4 nitrogen and oxygen atoms in total. The highest BCUT2D eigenvalue weighted by Crippen LogP contribution is 2.60. The molecule has 4 heteroatoms. The summed E-state index contributed by atoms with van der Waals surface area (Å²) in [5.41, 5.74) is 0. The van der Waals surface area contributed by atoms with Crippen LogP contribution < -0.4 is 0 Å². The minimum absolute atomic E-state index is 0.471. The van der Waals surface area contributed by atoms with Crippen molar-refractivity contribution in [3.8, 4) is 0 Å². The zero-order chi connectivity index (χ0) is 11.8. The van der Waals surface area contributed by atoms with Crippen molar-refractivity contribution in [1.82, 2.24) is 0 Å². The quantitative estimate of drug-likeness (QED) is 0.621. The molecular formula is C14H20O4. The highest BCUT2D eigenvalue weighted by molar-refractivity contribution is 4.99. The number of hydrogen-bond acceptors (Lipinski definition) is 4. The molecule has 1 saturated heterocycles. The molecule has 1 aliphatic heterocycles. The summed E-state index contributed by atoms with van der Waals surface area (Å²) >= 11 is 0. The SMILES string of the molecule is C1C[C@H]2C[C@@H]1CC21OOC2(C[C@@H]3CC[C@H]2C3)OO1. The fraction of sp³-hybridized carbons (Fsp3) is 1.00. The second-order valence-electron chi connectivity index (χ2n) is 7.12. The Hall–Kier alpha value is -0.160. The normalized spacial score (nSPS) is 61.3. The first-order valence-corrected chi connectivity index (χ1v) is 7.52. The lowest BCUT2D eigenvalue weighted by molar-refractivity contribution is -0.669. The summed E-state index contributed by atoms with van der Waals surface area (Å²) in [5, 5.41) is 0. The molecule has 0 aromatic heterocycles. The standard InChI is InChI=1S/C14H20O4/c1-3-11-5-9(1)7-13(11)15-17-14(18-16-13)8-10-2-4-12(14)6-10/h9-12H,1-8H2/t9-,10-,11+,12+,13?,14?/m1/s1. The summed E-state index contributed by atoms with van der Waals surface area (Å²) in [6.07, 6.45) is 9.33. The van der Waals surface area contributed by atoms with Crippen LogP contribution in [0.2, 0.25) is 0 Å². The fourth-order valence-electron chi connectivity index (χ4n) is 5.18. The molecule has 5 aliphatic rings. The Kier molecular flexibility index (Phi) is 1.94. The second-order valence-corrected chi connectivity index (χ2v) is 7.12. The lowest BCUT2D eigenvalue weighted by Gasteiger charge is -2.46. The minimum Gasteiger partial charge on any atom is -0.195 e. The maximum absolute atomic E-state index is 5.80. The van der Waals surface area contributed by atoms with E-state index in [1.54, 1.807) is 0 Å². The van der Waals surface area contributed by atoms with Crippen LogP contribution in [0.1, 0.15) is 51.4 Å². The van der Waals surface area contributed by atoms with Gasteiger partial charge in [-0.15, -0.1) is 0 Å². The van der Waals surface area contributed by atoms with Crippen LogP contribution in [-0.4, -0.2) is 11.6 Å². The molecule has 4 atom stereocenters. The van der Waals surface area contributed by atoms with Crippen LogP contribution in [0, 0.1) is 23.7 Å². The van der Waals surface area contributed by atoms with Gasteiger partial charge in [-0.1, -0.05) is 0 Å². The van der Waals surface area contributed by atoms with Gasteiger partial charge in [-0.25, -0.2) is 0 Å². The number of fused-ring (bicyclic) bond motifs is 6. The van der Waals surface area contributed by atoms with E-state index in [1.165, 1.54) is 38.5 Å². The third kappa shape index (κ3) is 1.20. The average molecular weight is 252 g/mol. The van der Waals surface area contributed by atoms with Crippen molar-refractivity contribution in [2.75, 3.05) is 0 Å². The molecule has 4 aliphatic carbocycles. The lowest BCUT2D eigenvalue weighted by Crippen LogP contribution is -2.55. The summed E-state index contributed by atoms with van der Waals surface area (Å²) in [4.78, 5) is 23.2. The van der Waals surface area contributed by atoms with E-state index in [0.29, 0.717) is 11.8 Å². The Balaban J connectivity index is 1.36. The van der Waals surface area contributed by atoms with Gasteiger partial charge in [-0.05, 0) is 50.4 Å². The van der Waals surface area contributed by atoms with Gasteiger partial charge in [0.05, 0.1) is 0 Å². The van der Waals surface area contributed by atoms with Gasteiger partial charge >= 0.3 is 0 Å². The summed E-state index contributed by atoms with van der Waals surface area (Å²) in [6.45, 7) is 0. The van der Waals surface area contributed by atoms with Gasteiger partial charge in [0, 0.05) is 24.7 Å². The van der Waals surface area contributed by atoms with Gasteiger partial charge in [0.25, 0.3) is 0 Å². The molecule has 0 unspecified atom stereocenters. The van der Waals surface area contributed by atoms with E-state index >= 15 is 0 Å². The molecule has 5 rings (SSSR count). The van der Waals surface area contributed by atoms with Crippen molar-refractivity contribution in [3.05, 3.63) is 0 Å². The van der Waals surface area contributed by atoms with Crippen LogP contribution in [0.4, 0.5) is 0 Å². The Morgan fingerprint density at radius 3 is 1.33 bits per heavy atom. The maximum atomic E-state index is 5.80. The summed E-state index contributed by atoms with van der Waals surface area (Å²) in [6, 6.07) is 0. The van der Waals surface area contributed by atoms with Crippen molar-refractivity contribution in [1.29, 1.82) is 0 Å². The Bertz CT molecular complexity index is 338. The first-order valence-electron chi connectivity index (χ1n) is 7.52. The predicted octanol–water partition coefficient (Wildman–Crippen LogP) is 2.93. The third-order valence-corrected chi connectivity index (χ3v) is 6.12. The molecule has 100 valence electrons. The van der Waals surface area contributed by atoms with E-state index in [2.05, 4.69) is 0 Å². The molecule has 0 amide bonds. The molecule has 0 aromatic rings. The van der Waals surface area contributed by atoms with E-state index in [-0.39, 0.29) is 0 Å². The fourth-order valence-corrected chi connectivity index (χ4v) is 5.18. The largest absolute Gasteiger partial charge is 0.237 e. The third-order valence-electron chi connectivity index (χ3n) is 6.12. The second kappa shape index (κ2) is 3.29. The molecule has 5 fully saturated rings. The zero-order valence-electron chi connectivity index (χ0n) is 10.6. The maximum Gasteiger partial charge on any atom is 0.237 e. The minimum atomic E-state index is -0.573. The molecule has 4 bridgehead atoms. The molecule has 4 saturated carbocycles. The van der Waals surface area contributed by atoms with Crippen LogP contribution in [0.25, 0.3) is 0 Å². The average Bonchev–Trinajstić information content (AvgIpc) is 3.12. The Morgan fingerprint density at radius 1 is 0.611 bits per heavy atom. The first-order chi connectivity index (χ1) is 8.78. The van der Waals surface area contributed by atoms with Crippen molar-refractivity contribution in [2.45, 2.75) is 62.9 Å². The van der Waals surface area contributed by atoms with E-state index in [4.69, 9.17) is 19.6 Å². The first kappa shape index (κ1) is 10.6. The molecule has 2 spiro atoms. The summed E-state index contributed by atoms with van der Waals surface area (Å²) in [5.74, 6) is 1.29. The topological polar surface area (TPSA) is 36.9 Å². The van der Waals surface area contributed by atoms with E-state index in [9.17, 15) is 0 Å². The highest BCUT2D eigenvalue weighted by Gasteiger charge is 2.64. The van der Waals surface area contributed by atoms with Gasteiger partial charge in [0.2, 0.25) is 11.6 Å². The van der Waals surface area contributed by atoms with E-state index < -0.39 is 11.6 Å². The molecular weight excluding hydrogens is 232 g/mol. The van der Waals surface area contributed by atoms with Gasteiger partial charge in [-0.3, -0.25) is 0 Å². The van der Waals surface area contributed by atoms with Crippen LogP contribution in [0.5, 0.6) is 0 Å². The molecule has 1 heterocycles. The van der Waals surface area contributed by atoms with Crippen LogP contribution >= 0.6 is 0 Å². The molecule has 0 radical (unpaired) electrons. The van der Waals surface area contributed by atoms with Crippen LogP contribution in [0.15, 0.2) is 0 Å². The Labute approximate surface area is 107 Å². The van der Waals surface area contributed by atoms with E-state index in [1.807, 2.05) is 0 Å². The van der Waals surface area contributed by atoms with Crippen LogP contribution in [0.3, 0.4) is 0 Å². The summed E-state index contributed by atoms with van der Waals surface area (Å²) in [7, 11) is 0. The molecule has 0 aromatic carbocycles. The number of rotatable bonds is 0. The van der Waals surface area contributed by atoms with Crippen molar-refractivity contribution in [2.24, 2.45) is 23.7 Å². The van der Waals surface area contributed by atoms with Crippen molar-refractivity contribution < 1.29 is 19.6 Å². The van der Waals surface area contributed by atoms with E-state index in [0.717, 1.165) is 24.7 Å². The van der Waals surface area contributed by atoms with Crippen molar-refractivity contribution >= 4 is 0 Å². The predicted molar refractivity (Wildman–Crippen MR) is 60.7 cm³/mol. The van der Waals surface area contributed by atoms with Crippen LogP contribution in [-0.2, 0) is 19.6 Å². The van der Waals surface area contributed by atoms with Gasteiger partial charge < -0.3 is 0 Å². The lowest BCUT2D eigenvalue weighted by atomic mass is 9.93. The van der Waals surface area contributed by atoms with Crippen molar-refractivity contribution in [3.63, 3.8) is 0 Å². The Morgan fingerprint density at radius 2 is 1.06 bits per heavy atom. The monoisotopic (exact) mass is 252 g/mol. The van der Waals surface area contributed by atoms with Gasteiger partial charge in [-0.2, -0.15) is 19.6 Å². The molecule has 0 N–H and O–H groups in total. The summed E-state index contributed by atoms with van der Waals surface area (Å²) < 4.78 is 0. The highest BCUT2D eigenvalue weighted by atomic mass is 17.4. The number of hydrogen-bond donors (Lipinski definition) is 0. The van der Waals surface area contributed by atoms with Gasteiger partial charge in [0.15, 0.2) is 0 Å².